The van der Waals surface area contributed by atoms with Gasteiger partial charge < -0.3 is 10.1 Å². The number of thiophene rings is 1. The highest BCUT2D eigenvalue weighted by Gasteiger charge is 2.31. The summed E-state index contributed by atoms with van der Waals surface area (Å²) in [6, 6.07) is 8.36. The molecule has 0 unspecified atom stereocenters. The average molecular weight is 343 g/mol. The molecule has 1 aromatic heterocycles. The standard InChI is InChI=1S/C15H12F3NO3S/c16-15(17,18)22-11-4-1-3-10(9-11)19-14(21)7-6-12(20)13-5-2-8-23-13/h1-5,8-9H,6-7H2,(H,19,21). The number of hydrogen-bond acceptors (Lipinski definition) is 4. The summed E-state index contributed by atoms with van der Waals surface area (Å²) in [6.07, 6.45) is -4.82. The molecule has 122 valence electrons. The molecule has 0 atom stereocenters. The number of hydrogen-bond donors (Lipinski definition) is 1. The molecule has 8 heteroatoms. The van der Waals surface area contributed by atoms with E-state index < -0.39 is 18.0 Å². The van der Waals surface area contributed by atoms with Crippen LogP contribution in [0.4, 0.5) is 18.9 Å². The lowest BCUT2D eigenvalue weighted by molar-refractivity contribution is -0.274. The molecule has 0 bridgehead atoms. The normalized spacial score (nSPS) is 11.1. The monoisotopic (exact) mass is 343 g/mol. The van der Waals surface area contributed by atoms with Crippen molar-refractivity contribution < 1.29 is 27.5 Å². The number of Topliss-reactive ketones (excluding diaryl/α,β-unsaturated/α-hetero) is 1. The van der Waals surface area contributed by atoms with Gasteiger partial charge in [-0.3, -0.25) is 9.59 Å². The minimum atomic E-state index is -4.80. The molecule has 4 nitrogen and oxygen atoms in total. The van der Waals surface area contributed by atoms with Crippen molar-refractivity contribution >= 4 is 28.7 Å². The number of anilines is 1. The van der Waals surface area contributed by atoms with E-state index in [1.807, 2.05) is 0 Å². The number of nitrogens with one attached hydrogen (secondary N) is 1. The van der Waals surface area contributed by atoms with E-state index in [-0.39, 0.29) is 24.3 Å². The molecule has 0 aliphatic rings. The Balaban J connectivity index is 1.88. The Morgan fingerprint density at radius 2 is 1.91 bits per heavy atom. The lowest BCUT2D eigenvalue weighted by Gasteiger charge is -2.10. The molecular formula is C15H12F3NO3S. The second-order valence-corrected chi connectivity index (χ2v) is 5.47. The van der Waals surface area contributed by atoms with E-state index in [1.165, 1.54) is 23.5 Å². The van der Waals surface area contributed by atoms with E-state index in [9.17, 15) is 22.8 Å². The Morgan fingerprint density at radius 3 is 2.57 bits per heavy atom. The minimum Gasteiger partial charge on any atom is -0.406 e. The molecular weight excluding hydrogens is 331 g/mol. The van der Waals surface area contributed by atoms with Crippen LogP contribution in [-0.2, 0) is 4.79 Å². The first-order valence-electron chi connectivity index (χ1n) is 6.56. The molecule has 0 spiro atoms. The highest BCUT2D eigenvalue weighted by Crippen LogP contribution is 2.25. The molecule has 1 heterocycles. The first-order valence-corrected chi connectivity index (χ1v) is 7.44. The number of rotatable bonds is 6. The molecule has 1 amide bonds. The number of amides is 1. The maximum absolute atomic E-state index is 12.1. The van der Waals surface area contributed by atoms with E-state index in [4.69, 9.17) is 0 Å². The smallest absolute Gasteiger partial charge is 0.406 e. The molecule has 0 saturated heterocycles. The molecule has 1 N–H and O–H groups in total. The Hall–Kier alpha value is -2.35. The van der Waals surface area contributed by atoms with Crippen LogP contribution in [0.25, 0.3) is 0 Å². The summed E-state index contributed by atoms with van der Waals surface area (Å²) in [5.41, 5.74) is 0.167. The molecule has 0 aliphatic carbocycles. The maximum Gasteiger partial charge on any atom is 0.573 e. The van der Waals surface area contributed by atoms with Gasteiger partial charge in [-0.2, -0.15) is 0 Å². The van der Waals surface area contributed by atoms with Crippen LogP contribution >= 0.6 is 11.3 Å². The largest absolute Gasteiger partial charge is 0.573 e. The van der Waals surface area contributed by atoms with Crippen molar-refractivity contribution in [1.82, 2.24) is 0 Å². The van der Waals surface area contributed by atoms with Gasteiger partial charge in [-0.25, -0.2) is 0 Å². The summed E-state index contributed by atoms with van der Waals surface area (Å²) >= 11 is 1.29. The van der Waals surface area contributed by atoms with Gasteiger partial charge in [-0.1, -0.05) is 12.1 Å². The van der Waals surface area contributed by atoms with Gasteiger partial charge in [0, 0.05) is 24.6 Å². The minimum absolute atomic E-state index is 0.0328. The van der Waals surface area contributed by atoms with Crippen molar-refractivity contribution in [3.8, 4) is 5.75 Å². The lowest BCUT2D eigenvalue weighted by atomic mass is 10.2. The van der Waals surface area contributed by atoms with Crippen LogP contribution in [0.2, 0.25) is 0 Å². The van der Waals surface area contributed by atoms with Crippen molar-refractivity contribution in [1.29, 1.82) is 0 Å². The summed E-state index contributed by atoms with van der Waals surface area (Å²) in [5.74, 6) is -1.03. The number of carbonyl (C=O) groups excluding carboxylic acids is 2. The zero-order valence-electron chi connectivity index (χ0n) is 11.7. The van der Waals surface area contributed by atoms with Crippen LogP contribution < -0.4 is 10.1 Å². The van der Waals surface area contributed by atoms with Gasteiger partial charge >= 0.3 is 6.36 Å². The third-order valence-corrected chi connectivity index (χ3v) is 3.64. The molecule has 0 fully saturated rings. The van der Waals surface area contributed by atoms with E-state index in [1.54, 1.807) is 17.5 Å². The van der Waals surface area contributed by atoms with Gasteiger partial charge in [0.05, 0.1) is 4.88 Å². The van der Waals surface area contributed by atoms with Gasteiger partial charge in [0.1, 0.15) is 5.75 Å². The molecule has 1 aromatic carbocycles. The van der Waals surface area contributed by atoms with E-state index in [0.717, 1.165) is 12.1 Å². The summed E-state index contributed by atoms with van der Waals surface area (Å²) in [6.45, 7) is 0. The second kappa shape index (κ2) is 7.28. The number of benzene rings is 1. The van der Waals surface area contributed by atoms with E-state index in [0.29, 0.717) is 4.88 Å². The average Bonchev–Trinajstić information content (AvgIpc) is 2.97. The molecule has 2 rings (SSSR count). The Morgan fingerprint density at radius 1 is 1.13 bits per heavy atom. The highest BCUT2D eigenvalue weighted by atomic mass is 32.1. The maximum atomic E-state index is 12.1. The van der Waals surface area contributed by atoms with E-state index in [2.05, 4.69) is 10.1 Å². The van der Waals surface area contributed by atoms with Crippen LogP contribution in [0, 0.1) is 0 Å². The summed E-state index contributed by atoms with van der Waals surface area (Å²) < 4.78 is 40.2. The topological polar surface area (TPSA) is 55.4 Å². The first-order chi connectivity index (χ1) is 10.8. The zero-order chi connectivity index (χ0) is 16.9. The number of ketones is 1. The SMILES string of the molecule is O=C(CCC(=O)c1cccs1)Nc1cccc(OC(F)(F)F)c1. The van der Waals surface area contributed by atoms with Gasteiger partial charge in [0.2, 0.25) is 5.91 Å². The van der Waals surface area contributed by atoms with Crippen molar-refractivity contribution in [2.24, 2.45) is 0 Å². The van der Waals surface area contributed by atoms with Gasteiger partial charge in [0.25, 0.3) is 0 Å². The van der Waals surface area contributed by atoms with Crippen molar-refractivity contribution in [3.63, 3.8) is 0 Å². The predicted molar refractivity (Wildman–Crippen MR) is 79.6 cm³/mol. The van der Waals surface area contributed by atoms with Crippen LogP contribution in [-0.4, -0.2) is 18.1 Å². The molecule has 0 saturated carbocycles. The number of carbonyl (C=O) groups is 2. The number of halogens is 3. The van der Waals surface area contributed by atoms with Gasteiger partial charge in [-0.15, -0.1) is 24.5 Å². The summed E-state index contributed by atoms with van der Waals surface area (Å²) in [7, 11) is 0. The Kier molecular flexibility index (Phi) is 5.38. The lowest BCUT2D eigenvalue weighted by Crippen LogP contribution is -2.17. The van der Waals surface area contributed by atoms with Crippen LogP contribution in [0.3, 0.4) is 0 Å². The highest BCUT2D eigenvalue weighted by molar-refractivity contribution is 7.12. The Labute approximate surface area is 133 Å². The zero-order valence-corrected chi connectivity index (χ0v) is 12.5. The summed E-state index contributed by atoms with van der Waals surface area (Å²) in [4.78, 5) is 24.1. The van der Waals surface area contributed by atoms with Gasteiger partial charge in [0.15, 0.2) is 5.78 Å². The molecule has 0 aliphatic heterocycles. The molecule has 2 aromatic rings. The predicted octanol–water partition coefficient (Wildman–Crippen LogP) is 4.25. The Bertz CT molecular complexity index is 684. The fourth-order valence-electron chi connectivity index (χ4n) is 1.78. The number of ether oxygens (including phenoxy) is 1. The van der Waals surface area contributed by atoms with Crippen LogP contribution in [0.1, 0.15) is 22.5 Å². The van der Waals surface area contributed by atoms with Crippen molar-refractivity contribution in [2.45, 2.75) is 19.2 Å². The quantitative estimate of drug-likeness (QED) is 0.798. The van der Waals surface area contributed by atoms with Crippen molar-refractivity contribution in [3.05, 3.63) is 46.7 Å². The third kappa shape index (κ3) is 5.74. The van der Waals surface area contributed by atoms with Crippen LogP contribution in [0.5, 0.6) is 5.75 Å². The fraction of sp³-hybridized carbons (Fsp3) is 0.200. The number of alkyl halides is 3. The van der Waals surface area contributed by atoms with E-state index >= 15 is 0 Å². The second-order valence-electron chi connectivity index (χ2n) is 4.52. The van der Waals surface area contributed by atoms with Crippen molar-refractivity contribution in [2.75, 3.05) is 5.32 Å². The molecule has 0 radical (unpaired) electrons. The fourth-order valence-corrected chi connectivity index (χ4v) is 2.48. The first kappa shape index (κ1) is 17.0. The molecule has 23 heavy (non-hydrogen) atoms. The summed E-state index contributed by atoms with van der Waals surface area (Å²) in [5, 5.41) is 4.20. The third-order valence-electron chi connectivity index (χ3n) is 2.73. The van der Waals surface area contributed by atoms with Crippen LogP contribution in [0.15, 0.2) is 41.8 Å². The van der Waals surface area contributed by atoms with Gasteiger partial charge in [-0.05, 0) is 23.6 Å².